The van der Waals surface area contributed by atoms with Crippen LogP contribution in [0.2, 0.25) is 0 Å². The number of carbonyl (C=O) groups excluding carboxylic acids is 3. The minimum absolute atomic E-state index is 0.0139. The van der Waals surface area contributed by atoms with Crippen molar-refractivity contribution >= 4 is 28.7 Å². The maximum atomic E-state index is 13.8. The third-order valence-corrected chi connectivity index (χ3v) is 7.78. The predicted molar refractivity (Wildman–Crippen MR) is 136 cm³/mol. The Morgan fingerprint density at radius 2 is 1.81 bits per heavy atom. The maximum absolute atomic E-state index is 13.8. The second kappa shape index (κ2) is 9.64. The summed E-state index contributed by atoms with van der Waals surface area (Å²) < 4.78 is 10.3. The number of nitrogens with one attached hydrogen (secondary N) is 1. The molecule has 1 aromatic heterocycles. The molecule has 0 aliphatic carbocycles. The van der Waals surface area contributed by atoms with E-state index in [0.29, 0.717) is 31.7 Å². The number of hydrogen-bond acceptors (Lipinski definition) is 6. The van der Waals surface area contributed by atoms with E-state index in [0.717, 1.165) is 47.4 Å². The highest BCUT2D eigenvalue weighted by Gasteiger charge is 2.48. The van der Waals surface area contributed by atoms with Gasteiger partial charge in [-0.3, -0.25) is 14.5 Å². The van der Waals surface area contributed by atoms with Crippen molar-refractivity contribution < 1.29 is 23.9 Å². The third kappa shape index (κ3) is 4.18. The Morgan fingerprint density at radius 3 is 2.57 bits per heavy atom. The van der Waals surface area contributed by atoms with Gasteiger partial charge in [0.05, 0.1) is 38.5 Å². The molecule has 9 heteroatoms. The van der Waals surface area contributed by atoms with Gasteiger partial charge in [0.2, 0.25) is 11.8 Å². The second-order valence-electron chi connectivity index (χ2n) is 9.81. The lowest BCUT2D eigenvalue weighted by Crippen LogP contribution is -2.63. The van der Waals surface area contributed by atoms with Crippen LogP contribution in [0.5, 0.6) is 0 Å². The topological polar surface area (TPSA) is 95.2 Å². The van der Waals surface area contributed by atoms with E-state index in [9.17, 15) is 14.4 Å². The van der Waals surface area contributed by atoms with Gasteiger partial charge in [0, 0.05) is 49.2 Å². The fourth-order valence-corrected chi connectivity index (χ4v) is 5.87. The summed E-state index contributed by atoms with van der Waals surface area (Å²) in [4.78, 5) is 48.8. The van der Waals surface area contributed by atoms with E-state index in [-0.39, 0.29) is 18.4 Å². The quantitative estimate of drug-likeness (QED) is 0.536. The number of nitrogens with zero attached hydrogens (tertiary/aromatic N) is 3. The second-order valence-corrected chi connectivity index (χ2v) is 9.81. The van der Waals surface area contributed by atoms with Crippen LogP contribution in [0, 0.1) is 0 Å². The number of morpholine rings is 1. The Bertz CT molecular complexity index is 1340. The molecule has 2 aromatic carbocycles. The first-order valence-electron chi connectivity index (χ1n) is 12.7. The number of aromatic nitrogens is 1. The molecule has 2 fully saturated rings. The number of hydrogen-bond donors (Lipinski definition) is 1. The number of H-pyrrole nitrogens is 1. The SMILES string of the molecule is COC(=O)c1ccc(C2c3[nH]c4ccccc4c3CC3C(=O)N(CCN4CCOCC4)CC(=O)N32)cc1. The van der Waals surface area contributed by atoms with Crippen molar-refractivity contribution in [1.29, 1.82) is 0 Å². The van der Waals surface area contributed by atoms with E-state index in [1.54, 1.807) is 21.9 Å². The van der Waals surface area contributed by atoms with E-state index in [1.165, 1.54) is 7.11 Å². The van der Waals surface area contributed by atoms with E-state index < -0.39 is 18.1 Å². The maximum Gasteiger partial charge on any atom is 0.337 e. The summed E-state index contributed by atoms with van der Waals surface area (Å²) in [6.07, 6.45) is 0.467. The summed E-state index contributed by atoms with van der Waals surface area (Å²) >= 11 is 0. The van der Waals surface area contributed by atoms with Gasteiger partial charge >= 0.3 is 5.97 Å². The summed E-state index contributed by atoms with van der Waals surface area (Å²) in [5, 5.41) is 1.07. The van der Waals surface area contributed by atoms with Crippen molar-refractivity contribution in [2.24, 2.45) is 0 Å². The Morgan fingerprint density at radius 1 is 1.05 bits per heavy atom. The van der Waals surface area contributed by atoms with E-state index in [2.05, 4.69) is 16.0 Å². The molecule has 1 N–H and O–H groups in total. The number of rotatable bonds is 5. The molecule has 0 bridgehead atoms. The number of piperazine rings is 1. The fourth-order valence-electron chi connectivity index (χ4n) is 5.87. The van der Waals surface area contributed by atoms with Crippen molar-refractivity contribution in [3.63, 3.8) is 0 Å². The normalized spacial score (nSPS) is 22.2. The fraction of sp³-hybridized carbons (Fsp3) is 0.393. The molecule has 3 aromatic rings. The van der Waals surface area contributed by atoms with Gasteiger partial charge in [-0.25, -0.2) is 4.79 Å². The Labute approximate surface area is 214 Å². The summed E-state index contributed by atoms with van der Waals surface area (Å²) in [5.41, 5.74) is 4.24. The summed E-state index contributed by atoms with van der Waals surface area (Å²) in [5.74, 6) is -0.502. The molecule has 6 rings (SSSR count). The zero-order chi connectivity index (χ0) is 25.5. The lowest BCUT2D eigenvalue weighted by molar-refractivity contribution is -0.158. The van der Waals surface area contributed by atoms with Crippen LogP contribution in [0.4, 0.5) is 0 Å². The zero-order valence-electron chi connectivity index (χ0n) is 20.8. The number of amides is 2. The van der Waals surface area contributed by atoms with E-state index in [4.69, 9.17) is 9.47 Å². The summed E-state index contributed by atoms with van der Waals surface area (Å²) in [6.45, 7) is 4.39. The largest absolute Gasteiger partial charge is 0.465 e. The highest BCUT2D eigenvalue weighted by atomic mass is 16.5. The first-order chi connectivity index (χ1) is 18.0. The Hall–Kier alpha value is -3.69. The van der Waals surface area contributed by atoms with Crippen LogP contribution in [-0.2, 0) is 25.5 Å². The van der Waals surface area contributed by atoms with Gasteiger partial charge in [0.25, 0.3) is 0 Å². The minimum atomic E-state index is -0.581. The molecule has 3 aliphatic rings. The van der Waals surface area contributed by atoms with Crippen molar-refractivity contribution in [2.75, 3.05) is 53.0 Å². The number of aromatic amines is 1. The highest BCUT2D eigenvalue weighted by molar-refractivity contribution is 5.97. The van der Waals surface area contributed by atoms with Gasteiger partial charge < -0.3 is 24.3 Å². The zero-order valence-corrected chi connectivity index (χ0v) is 20.8. The van der Waals surface area contributed by atoms with E-state index in [1.807, 2.05) is 30.3 Å². The molecule has 4 heterocycles. The molecule has 2 saturated heterocycles. The number of para-hydroxylation sites is 1. The molecular weight excluding hydrogens is 472 g/mol. The van der Waals surface area contributed by atoms with Crippen molar-refractivity contribution in [2.45, 2.75) is 18.5 Å². The van der Waals surface area contributed by atoms with Crippen LogP contribution >= 0.6 is 0 Å². The van der Waals surface area contributed by atoms with Crippen molar-refractivity contribution in [3.05, 3.63) is 70.9 Å². The van der Waals surface area contributed by atoms with Gasteiger partial charge in [0.15, 0.2) is 0 Å². The molecule has 2 unspecified atom stereocenters. The molecule has 0 radical (unpaired) electrons. The molecule has 2 amide bonds. The smallest absolute Gasteiger partial charge is 0.337 e. The lowest BCUT2D eigenvalue weighted by Gasteiger charge is -2.47. The molecule has 192 valence electrons. The number of esters is 1. The number of carbonyl (C=O) groups is 3. The number of methoxy groups -OCH3 is 1. The van der Waals surface area contributed by atoms with E-state index >= 15 is 0 Å². The predicted octanol–water partition coefficient (Wildman–Crippen LogP) is 1.97. The molecule has 2 atom stereocenters. The molecule has 0 saturated carbocycles. The lowest BCUT2D eigenvalue weighted by atomic mass is 9.86. The monoisotopic (exact) mass is 502 g/mol. The first-order valence-corrected chi connectivity index (χ1v) is 12.7. The van der Waals surface area contributed by atoms with Gasteiger partial charge in [-0.15, -0.1) is 0 Å². The summed E-state index contributed by atoms with van der Waals surface area (Å²) in [6, 6.07) is 14.1. The van der Waals surface area contributed by atoms with Gasteiger partial charge in [-0.05, 0) is 29.3 Å². The summed E-state index contributed by atoms with van der Waals surface area (Å²) in [7, 11) is 1.35. The number of benzene rings is 2. The van der Waals surface area contributed by atoms with Crippen LogP contribution in [-0.4, -0.2) is 96.6 Å². The van der Waals surface area contributed by atoms with Gasteiger partial charge in [-0.1, -0.05) is 30.3 Å². The third-order valence-electron chi connectivity index (χ3n) is 7.78. The van der Waals surface area contributed by atoms with Gasteiger partial charge in [0.1, 0.15) is 6.04 Å². The highest BCUT2D eigenvalue weighted by Crippen LogP contribution is 2.42. The number of fused-ring (bicyclic) bond motifs is 4. The Balaban J connectivity index is 1.36. The van der Waals surface area contributed by atoms with Crippen LogP contribution in [0.25, 0.3) is 10.9 Å². The molecule has 37 heavy (non-hydrogen) atoms. The number of ether oxygens (including phenoxy) is 2. The van der Waals surface area contributed by atoms with Crippen LogP contribution in [0.3, 0.4) is 0 Å². The molecule has 9 nitrogen and oxygen atoms in total. The van der Waals surface area contributed by atoms with Crippen LogP contribution in [0.15, 0.2) is 48.5 Å². The Kier molecular flexibility index (Phi) is 6.18. The molecule has 3 aliphatic heterocycles. The molecular formula is C28H30N4O5. The average Bonchev–Trinajstić information content (AvgIpc) is 3.31. The van der Waals surface area contributed by atoms with Crippen molar-refractivity contribution in [1.82, 2.24) is 19.7 Å². The first kappa shape index (κ1) is 23.7. The standard InChI is InChI=1S/C28H30N4O5/c1-36-28(35)19-8-6-18(7-9-19)26-25-21(20-4-2-3-5-22(20)29-25)16-23-27(34)31(17-24(33)32(23)26)11-10-30-12-14-37-15-13-30/h2-9,23,26,29H,10-17H2,1H3. The van der Waals surface area contributed by atoms with Gasteiger partial charge in [-0.2, -0.15) is 0 Å². The van der Waals surface area contributed by atoms with Crippen LogP contribution in [0.1, 0.15) is 33.2 Å². The average molecular weight is 503 g/mol. The minimum Gasteiger partial charge on any atom is -0.465 e. The molecule has 0 spiro atoms. The van der Waals surface area contributed by atoms with Crippen LogP contribution < -0.4 is 0 Å². The van der Waals surface area contributed by atoms with Crippen molar-refractivity contribution in [3.8, 4) is 0 Å².